The normalized spacial score (nSPS) is 11.3. The summed E-state index contributed by atoms with van der Waals surface area (Å²) < 4.78 is 37.9. The SMILES string of the molecule is NC(=O)c1ccccc1-c1ccc(-c2ccc(C(F)(F)F)cc2)cc1. The van der Waals surface area contributed by atoms with Crippen molar-refractivity contribution in [3.05, 3.63) is 83.9 Å². The van der Waals surface area contributed by atoms with E-state index in [4.69, 9.17) is 5.73 Å². The van der Waals surface area contributed by atoms with Gasteiger partial charge in [-0.25, -0.2) is 0 Å². The van der Waals surface area contributed by atoms with Gasteiger partial charge in [0.15, 0.2) is 0 Å². The molecule has 0 heterocycles. The molecule has 5 heteroatoms. The maximum Gasteiger partial charge on any atom is 0.416 e. The molecule has 0 atom stereocenters. The first kappa shape index (κ1) is 16.8. The zero-order valence-corrected chi connectivity index (χ0v) is 13.0. The summed E-state index contributed by atoms with van der Waals surface area (Å²) in [5.41, 5.74) is 8.13. The van der Waals surface area contributed by atoms with Crippen molar-refractivity contribution in [1.29, 1.82) is 0 Å². The van der Waals surface area contributed by atoms with Crippen LogP contribution in [0.1, 0.15) is 15.9 Å². The predicted octanol–water partition coefficient (Wildman–Crippen LogP) is 5.14. The van der Waals surface area contributed by atoms with Crippen LogP contribution in [0.3, 0.4) is 0 Å². The summed E-state index contributed by atoms with van der Waals surface area (Å²) in [6, 6.07) is 19.2. The fourth-order valence-electron chi connectivity index (χ4n) is 2.64. The molecule has 0 saturated carbocycles. The van der Waals surface area contributed by atoms with E-state index in [9.17, 15) is 18.0 Å². The lowest BCUT2D eigenvalue weighted by Crippen LogP contribution is -2.12. The van der Waals surface area contributed by atoms with E-state index < -0.39 is 17.6 Å². The minimum atomic E-state index is -4.35. The van der Waals surface area contributed by atoms with Crippen molar-refractivity contribution in [3.63, 3.8) is 0 Å². The minimum Gasteiger partial charge on any atom is -0.366 e. The van der Waals surface area contributed by atoms with Gasteiger partial charge in [-0.3, -0.25) is 4.79 Å². The molecule has 0 spiro atoms. The molecule has 0 aromatic heterocycles. The summed E-state index contributed by atoms with van der Waals surface area (Å²) in [5.74, 6) is -0.512. The number of hydrogen-bond acceptors (Lipinski definition) is 1. The lowest BCUT2D eigenvalue weighted by Gasteiger charge is -2.10. The van der Waals surface area contributed by atoms with E-state index >= 15 is 0 Å². The molecule has 0 aliphatic carbocycles. The molecule has 25 heavy (non-hydrogen) atoms. The smallest absolute Gasteiger partial charge is 0.366 e. The Balaban J connectivity index is 1.92. The van der Waals surface area contributed by atoms with Gasteiger partial charge in [-0.05, 0) is 40.5 Å². The number of amides is 1. The lowest BCUT2D eigenvalue weighted by molar-refractivity contribution is -0.137. The predicted molar refractivity (Wildman–Crippen MR) is 90.8 cm³/mol. The monoisotopic (exact) mass is 341 g/mol. The Morgan fingerprint density at radius 3 is 1.72 bits per heavy atom. The van der Waals surface area contributed by atoms with Crippen molar-refractivity contribution in [3.8, 4) is 22.3 Å². The number of carbonyl (C=O) groups is 1. The van der Waals surface area contributed by atoms with Gasteiger partial charge in [0.1, 0.15) is 0 Å². The van der Waals surface area contributed by atoms with Crippen LogP contribution in [0.5, 0.6) is 0 Å². The molecule has 0 fully saturated rings. The van der Waals surface area contributed by atoms with Gasteiger partial charge in [0.25, 0.3) is 0 Å². The third kappa shape index (κ3) is 3.55. The van der Waals surface area contributed by atoms with Gasteiger partial charge in [-0.1, -0.05) is 54.6 Å². The highest BCUT2D eigenvalue weighted by molar-refractivity contribution is 5.99. The fraction of sp³-hybridized carbons (Fsp3) is 0.0500. The summed E-state index contributed by atoms with van der Waals surface area (Å²) in [7, 11) is 0. The molecule has 0 unspecified atom stereocenters. The van der Waals surface area contributed by atoms with Gasteiger partial charge < -0.3 is 5.73 Å². The third-order valence-electron chi connectivity index (χ3n) is 3.93. The van der Waals surface area contributed by atoms with Crippen LogP contribution in [0.2, 0.25) is 0 Å². The van der Waals surface area contributed by atoms with Crippen LogP contribution in [0.15, 0.2) is 72.8 Å². The molecular weight excluding hydrogens is 327 g/mol. The number of benzene rings is 3. The summed E-state index contributed by atoms with van der Waals surface area (Å²) in [5, 5.41) is 0. The van der Waals surface area contributed by atoms with Crippen molar-refractivity contribution >= 4 is 5.91 Å². The lowest BCUT2D eigenvalue weighted by atomic mass is 9.96. The first-order valence-electron chi connectivity index (χ1n) is 7.53. The number of primary amides is 1. The Hall–Kier alpha value is -3.08. The maximum atomic E-state index is 12.6. The quantitative estimate of drug-likeness (QED) is 0.704. The molecule has 3 aromatic carbocycles. The summed E-state index contributed by atoms with van der Waals surface area (Å²) in [6.07, 6.45) is -4.35. The molecule has 0 radical (unpaired) electrons. The van der Waals surface area contributed by atoms with E-state index in [0.717, 1.165) is 23.3 Å². The van der Waals surface area contributed by atoms with E-state index in [0.29, 0.717) is 16.7 Å². The Morgan fingerprint density at radius 1 is 0.720 bits per heavy atom. The average molecular weight is 341 g/mol. The van der Waals surface area contributed by atoms with Crippen LogP contribution in [-0.2, 0) is 6.18 Å². The van der Waals surface area contributed by atoms with Crippen LogP contribution < -0.4 is 5.73 Å². The summed E-state index contributed by atoms with van der Waals surface area (Å²) in [4.78, 5) is 11.5. The van der Waals surface area contributed by atoms with Gasteiger partial charge in [-0.15, -0.1) is 0 Å². The Labute approximate surface area is 142 Å². The van der Waals surface area contributed by atoms with Crippen LogP contribution in [0.25, 0.3) is 22.3 Å². The first-order chi connectivity index (χ1) is 11.9. The molecule has 3 aromatic rings. The molecule has 3 rings (SSSR count). The summed E-state index contributed by atoms with van der Waals surface area (Å²) in [6.45, 7) is 0. The van der Waals surface area contributed by atoms with Crippen LogP contribution in [-0.4, -0.2) is 5.91 Å². The van der Waals surface area contributed by atoms with Crippen LogP contribution >= 0.6 is 0 Å². The molecule has 0 saturated heterocycles. The van der Waals surface area contributed by atoms with Gasteiger partial charge >= 0.3 is 6.18 Å². The van der Waals surface area contributed by atoms with E-state index in [2.05, 4.69) is 0 Å². The third-order valence-corrected chi connectivity index (χ3v) is 3.93. The van der Waals surface area contributed by atoms with Gasteiger partial charge in [-0.2, -0.15) is 13.2 Å². The molecular formula is C20H14F3NO. The molecule has 2 N–H and O–H groups in total. The second kappa shape index (κ2) is 6.43. The fourth-order valence-corrected chi connectivity index (χ4v) is 2.64. The highest BCUT2D eigenvalue weighted by atomic mass is 19.4. The molecule has 0 aliphatic rings. The van der Waals surface area contributed by atoms with Crippen molar-refractivity contribution in [2.75, 3.05) is 0 Å². The number of halogens is 3. The number of carbonyl (C=O) groups excluding carboxylic acids is 1. The minimum absolute atomic E-state index is 0.421. The van der Waals surface area contributed by atoms with Gasteiger partial charge in [0.05, 0.1) is 5.56 Å². The van der Waals surface area contributed by atoms with E-state index in [1.807, 2.05) is 18.2 Å². The molecule has 0 bridgehead atoms. The largest absolute Gasteiger partial charge is 0.416 e. The van der Waals surface area contributed by atoms with Crippen molar-refractivity contribution < 1.29 is 18.0 Å². The highest BCUT2D eigenvalue weighted by Crippen LogP contribution is 2.32. The Kier molecular flexibility index (Phi) is 4.31. The van der Waals surface area contributed by atoms with E-state index in [1.165, 1.54) is 12.1 Å². The van der Waals surface area contributed by atoms with Crippen molar-refractivity contribution in [1.82, 2.24) is 0 Å². The van der Waals surface area contributed by atoms with E-state index in [1.54, 1.807) is 30.3 Å². The number of nitrogens with two attached hydrogens (primary N) is 1. The zero-order valence-electron chi connectivity index (χ0n) is 13.0. The van der Waals surface area contributed by atoms with Crippen LogP contribution in [0.4, 0.5) is 13.2 Å². The maximum absolute atomic E-state index is 12.6. The van der Waals surface area contributed by atoms with Crippen molar-refractivity contribution in [2.24, 2.45) is 5.73 Å². The number of rotatable bonds is 3. The van der Waals surface area contributed by atoms with E-state index in [-0.39, 0.29) is 0 Å². The number of alkyl halides is 3. The van der Waals surface area contributed by atoms with Crippen molar-refractivity contribution in [2.45, 2.75) is 6.18 Å². The highest BCUT2D eigenvalue weighted by Gasteiger charge is 2.29. The Morgan fingerprint density at radius 2 is 1.20 bits per heavy atom. The Bertz CT molecular complexity index is 897. The molecule has 126 valence electrons. The first-order valence-corrected chi connectivity index (χ1v) is 7.53. The molecule has 0 aliphatic heterocycles. The molecule has 2 nitrogen and oxygen atoms in total. The number of hydrogen-bond donors (Lipinski definition) is 1. The van der Waals surface area contributed by atoms with Gasteiger partial charge in [0.2, 0.25) is 5.91 Å². The second-order valence-corrected chi connectivity index (χ2v) is 5.56. The van der Waals surface area contributed by atoms with Crippen LogP contribution in [0, 0.1) is 0 Å². The topological polar surface area (TPSA) is 43.1 Å². The van der Waals surface area contributed by atoms with Gasteiger partial charge in [0, 0.05) is 5.56 Å². The second-order valence-electron chi connectivity index (χ2n) is 5.56. The standard InChI is InChI=1S/C20H14F3NO/c21-20(22,23)16-11-9-14(10-12-16)13-5-7-15(8-6-13)17-3-1-2-4-18(17)19(24)25/h1-12H,(H2,24,25). The molecule has 1 amide bonds. The average Bonchev–Trinajstić information content (AvgIpc) is 2.61. The zero-order chi connectivity index (χ0) is 18.0. The summed E-state index contributed by atoms with van der Waals surface area (Å²) >= 11 is 0.